The van der Waals surface area contributed by atoms with Gasteiger partial charge in [-0.25, -0.2) is 9.78 Å². The van der Waals surface area contributed by atoms with E-state index in [1.165, 1.54) is 11.3 Å². The SMILES string of the molecule is NC(=O)Oc1ccccc1-c1nc2ccc(OCc3c(Cl)cccc3Cl)cc2s1. The van der Waals surface area contributed by atoms with Gasteiger partial charge in [-0.15, -0.1) is 11.3 Å². The third-order valence-electron chi connectivity index (χ3n) is 4.13. The Labute approximate surface area is 180 Å². The molecule has 1 aromatic heterocycles. The van der Waals surface area contributed by atoms with Gasteiger partial charge in [0.05, 0.1) is 15.8 Å². The van der Waals surface area contributed by atoms with Crippen LogP contribution in [0.5, 0.6) is 11.5 Å². The summed E-state index contributed by atoms with van der Waals surface area (Å²) in [5, 5.41) is 1.83. The van der Waals surface area contributed by atoms with Crippen LogP contribution in [0, 0.1) is 0 Å². The Hall–Kier alpha value is -2.80. The van der Waals surface area contributed by atoms with Gasteiger partial charge in [-0.3, -0.25) is 0 Å². The predicted molar refractivity (Wildman–Crippen MR) is 116 cm³/mol. The van der Waals surface area contributed by atoms with Crippen molar-refractivity contribution in [3.63, 3.8) is 0 Å². The first kappa shape index (κ1) is 19.5. The van der Waals surface area contributed by atoms with Crippen molar-refractivity contribution < 1.29 is 14.3 Å². The predicted octanol–water partition coefficient (Wildman–Crippen LogP) is 6.31. The van der Waals surface area contributed by atoms with Crippen LogP contribution in [0.3, 0.4) is 0 Å². The maximum atomic E-state index is 11.2. The highest BCUT2D eigenvalue weighted by molar-refractivity contribution is 7.21. The second kappa shape index (κ2) is 8.29. The van der Waals surface area contributed by atoms with Crippen molar-refractivity contribution in [2.45, 2.75) is 6.61 Å². The number of para-hydroxylation sites is 1. The van der Waals surface area contributed by atoms with Gasteiger partial charge in [-0.1, -0.05) is 41.4 Å². The number of aromatic nitrogens is 1. The molecule has 0 aliphatic rings. The fourth-order valence-electron chi connectivity index (χ4n) is 2.78. The first-order valence-electron chi connectivity index (χ1n) is 8.54. The molecule has 0 spiro atoms. The fraction of sp³-hybridized carbons (Fsp3) is 0.0476. The van der Waals surface area contributed by atoms with E-state index in [0.29, 0.717) is 32.1 Å². The first-order chi connectivity index (χ1) is 14.0. The summed E-state index contributed by atoms with van der Waals surface area (Å²) in [5.41, 5.74) is 7.39. The number of rotatable bonds is 5. The highest BCUT2D eigenvalue weighted by Crippen LogP contribution is 2.37. The lowest BCUT2D eigenvalue weighted by molar-refractivity contribution is 0.211. The number of primary amides is 1. The molecule has 0 unspecified atom stereocenters. The first-order valence-corrected chi connectivity index (χ1v) is 10.1. The highest BCUT2D eigenvalue weighted by atomic mass is 35.5. The number of ether oxygens (including phenoxy) is 2. The summed E-state index contributed by atoms with van der Waals surface area (Å²) in [5.74, 6) is 1.04. The minimum Gasteiger partial charge on any atom is -0.489 e. The fourth-order valence-corrected chi connectivity index (χ4v) is 4.31. The minimum absolute atomic E-state index is 0.255. The number of amides is 1. The second-order valence-corrected chi connectivity index (χ2v) is 7.90. The molecule has 0 aliphatic carbocycles. The molecule has 2 N–H and O–H groups in total. The number of thiazole rings is 1. The van der Waals surface area contributed by atoms with Gasteiger partial charge >= 0.3 is 6.09 Å². The van der Waals surface area contributed by atoms with Crippen LogP contribution in [-0.2, 0) is 6.61 Å². The Bertz CT molecular complexity index is 1190. The number of halogens is 2. The van der Waals surface area contributed by atoms with Gasteiger partial charge in [0, 0.05) is 15.6 Å². The van der Waals surface area contributed by atoms with Crippen molar-refractivity contribution in [1.29, 1.82) is 0 Å². The third kappa shape index (κ3) is 4.29. The summed E-state index contributed by atoms with van der Waals surface area (Å²) in [4.78, 5) is 15.8. The number of nitrogens with two attached hydrogens (primary N) is 1. The molecule has 8 heteroatoms. The van der Waals surface area contributed by atoms with Crippen LogP contribution >= 0.6 is 34.5 Å². The summed E-state index contributed by atoms with van der Waals surface area (Å²) < 4.78 is 11.9. The summed E-state index contributed by atoms with van der Waals surface area (Å²) in [6.45, 7) is 0.255. The highest BCUT2D eigenvalue weighted by Gasteiger charge is 2.14. The van der Waals surface area contributed by atoms with E-state index in [4.69, 9.17) is 38.4 Å². The van der Waals surface area contributed by atoms with E-state index < -0.39 is 6.09 Å². The van der Waals surface area contributed by atoms with Gasteiger partial charge in [-0.2, -0.15) is 0 Å². The van der Waals surface area contributed by atoms with Gasteiger partial charge in [0.25, 0.3) is 0 Å². The van der Waals surface area contributed by atoms with Crippen LogP contribution < -0.4 is 15.2 Å². The molecule has 0 atom stereocenters. The Morgan fingerprint density at radius 2 is 1.79 bits per heavy atom. The molecule has 1 amide bonds. The van der Waals surface area contributed by atoms with E-state index in [2.05, 4.69) is 4.98 Å². The monoisotopic (exact) mass is 444 g/mol. The zero-order valence-corrected chi connectivity index (χ0v) is 17.2. The Morgan fingerprint density at radius 3 is 2.55 bits per heavy atom. The van der Waals surface area contributed by atoms with E-state index >= 15 is 0 Å². The van der Waals surface area contributed by atoms with E-state index in [0.717, 1.165) is 15.8 Å². The number of hydrogen-bond donors (Lipinski definition) is 1. The van der Waals surface area contributed by atoms with Crippen molar-refractivity contribution in [1.82, 2.24) is 4.98 Å². The molecule has 3 aromatic carbocycles. The molecule has 0 radical (unpaired) electrons. The molecular formula is C21H14Cl2N2O3S. The molecular weight excluding hydrogens is 431 g/mol. The van der Waals surface area contributed by atoms with Gasteiger partial charge in [0.2, 0.25) is 0 Å². The molecule has 1 heterocycles. The minimum atomic E-state index is -0.868. The normalized spacial score (nSPS) is 10.8. The third-order valence-corrected chi connectivity index (χ3v) is 5.89. The number of carbonyl (C=O) groups excluding carboxylic acids is 1. The average molecular weight is 445 g/mol. The molecule has 0 aliphatic heterocycles. The maximum Gasteiger partial charge on any atom is 0.409 e. The number of hydrogen-bond acceptors (Lipinski definition) is 5. The van der Waals surface area contributed by atoms with Crippen molar-refractivity contribution >= 4 is 50.8 Å². The average Bonchev–Trinajstić information content (AvgIpc) is 3.11. The molecule has 5 nitrogen and oxygen atoms in total. The summed E-state index contributed by atoms with van der Waals surface area (Å²) in [7, 11) is 0. The van der Waals surface area contributed by atoms with Crippen molar-refractivity contribution in [3.05, 3.63) is 76.3 Å². The number of nitrogens with zero attached hydrogens (tertiary/aromatic N) is 1. The van der Waals surface area contributed by atoms with Crippen LogP contribution in [0.4, 0.5) is 4.79 Å². The van der Waals surface area contributed by atoms with Crippen molar-refractivity contribution in [3.8, 4) is 22.1 Å². The molecule has 4 rings (SSSR count). The van der Waals surface area contributed by atoms with Gasteiger partial charge in [0.15, 0.2) is 0 Å². The van der Waals surface area contributed by atoms with Crippen LogP contribution in [0.15, 0.2) is 60.7 Å². The zero-order chi connectivity index (χ0) is 20.4. The van der Waals surface area contributed by atoms with E-state index in [9.17, 15) is 4.79 Å². The van der Waals surface area contributed by atoms with Crippen LogP contribution in [0.25, 0.3) is 20.8 Å². The van der Waals surface area contributed by atoms with E-state index in [1.807, 2.05) is 30.3 Å². The zero-order valence-electron chi connectivity index (χ0n) is 14.9. The number of fused-ring (bicyclic) bond motifs is 1. The molecule has 4 aromatic rings. The van der Waals surface area contributed by atoms with E-state index in [1.54, 1.807) is 30.3 Å². The lowest BCUT2D eigenvalue weighted by atomic mass is 10.2. The van der Waals surface area contributed by atoms with Crippen LogP contribution in [0.1, 0.15) is 5.56 Å². The Balaban J connectivity index is 1.61. The summed E-state index contributed by atoms with van der Waals surface area (Å²) in [6.07, 6.45) is -0.868. The standard InChI is InChI=1S/C21H14Cl2N2O3S/c22-15-5-3-6-16(23)14(15)11-27-12-8-9-17-19(10-12)29-20(25-17)13-4-1-2-7-18(13)28-21(24)26/h1-10H,11H2,(H2,24,26). The van der Waals surface area contributed by atoms with Crippen molar-refractivity contribution in [2.24, 2.45) is 5.73 Å². The van der Waals surface area contributed by atoms with Crippen molar-refractivity contribution in [2.75, 3.05) is 0 Å². The molecule has 0 saturated heterocycles. The van der Waals surface area contributed by atoms with Crippen LogP contribution in [0.2, 0.25) is 10.0 Å². The smallest absolute Gasteiger partial charge is 0.409 e. The largest absolute Gasteiger partial charge is 0.489 e. The maximum absolute atomic E-state index is 11.2. The second-order valence-electron chi connectivity index (χ2n) is 6.05. The number of carbonyl (C=O) groups is 1. The Kier molecular flexibility index (Phi) is 5.58. The number of benzene rings is 3. The molecule has 0 fully saturated rings. The Morgan fingerprint density at radius 1 is 1.03 bits per heavy atom. The topological polar surface area (TPSA) is 74.4 Å². The quantitative estimate of drug-likeness (QED) is 0.391. The molecule has 0 saturated carbocycles. The van der Waals surface area contributed by atoms with Gasteiger partial charge in [-0.05, 0) is 42.5 Å². The molecule has 146 valence electrons. The lowest BCUT2D eigenvalue weighted by Gasteiger charge is -2.09. The summed E-state index contributed by atoms with van der Waals surface area (Å²) >= 11 is 13.8. The molecule has 29 heavy (non-hydrogen) atoms. The van der Waals surface area contributed by atoms with Gasteiger partial charge < -0.3 is 15.2 Å². The van der Waals surface area contributed by atoms with E-state index in [-0.39, 0.29) is 6.61 Å². The summed E-state index contributed by atoms with van der Waals surface area (Å²) in [6, 6.07) is 18.1. The molecule has 0 bridgehead atoms. The van der Waals surface area contributed by atoms with Crippen LogP contribution in [-0.4, -0.2) is 11.1 Å². The van der Waals surface area contributed by atoms with Gasteiger partial charge in [0.1, 0.15) is 23.1 Å². The lowest BCUT2D eigenvalue weighted by Crippen LogP contribution is -2.16.